The Balaban J connectivity index is 1.35. The molecular formula is C16H24N4S. The van der Waals surface area contributed by atoms with Crippen molar-refractivity contribution < 1.29 is 0 Å². The fourth-order valence-electron chi connectivity index (χ4n) is 4.53. The monoisotopic (exact) mass is 304 g/mol. The van der Waals surface area contributed by atoms with Crippen molar-refractivity contribution in [2.45, 2.75) is 36.8 Å². The van der Waals surface area contributed by atoms with Gasteiger partial charge < -0.3 is 4.90 Å². The summed E-state index contributed by atoms with van der Waals surface area (Å²) in [5.41, 5.74) is 0. The molecule has 3 aliphatic rings. The Kier molecular flexibility index (Phi) is 3.79. The highest BCUT2D eigenvalue weighted by molar-refractivity contribution is 7.98. The van der Waals surface area contributed by atoms with E-state index in [1.807, 2.05) is 6.26 Å². The van der Waals surface area contributed by atoms with Crippen molar-refractivity contribution in [2.75, 3.05) is 37.3 Å². The van der Waals surface area contributed by atoms with E-state index in [4.69, 9.17) is 0 Å². The molecule has 0 aromatic carbocycles. The fourth-order valence-corrected chi connectivity index (χ4v) is 4.86. The topological polar surface area (TPSA) is 32.3 Å². The molecule has 3 unspecified atom stereocenters. The zero-order valence-corrected chi connectivity index (χ0v) is 13.6. The van der Waals surface area contributed by atoms with Crippen molar-refractivity contribution in [3.8, 4) is 0 Å². The van der Waals surface area contributed by atoms with Crippen LogP contribution < -0.4 is 4.90 Å². The van der Waals surface area contributed by atoms with Gasteiger partial charge in [0.1, 0.15) is 5.03 Å². The third kappa shape index (κ3) is 2.66. The van der Waals surface area contributed by atoms with Crippen molar-refractivity contribution in [2.24, 2.45) is 11.8 Å². The molecule has 4 nitrogen and oxygen atoms in total. The zero-order chi connectivity index (χ0) is 14.2. The normalized spacial score (nSPS) is 32.8. The van der Waals surface area contributed by atoms with E-state index < -0.39 is 0 Å². The number of anilines is 1. The molecule has 2 saturated carbocycles. The van der Waals surface area contributed by atoms with Crippen molar-refractivity contribution in [1.29, 1.82) is 0 Å². The maximum absolute atomic E-state index is 4.37. The van der Waals surface area contributed by atoms with Crippen molar-refractivity contribution >= 4 is 17.6 Å². The molecule has 1 aliphatic heterocycles. The zero-order valence-electron chi connectivity index (χ0n) is 12.7. The minimum atomic E-state index is 0.885. The van der Waals surface area contributed by atoms with Gasteiger partial charge in [0.2, 0.25) is 0 Å². The average Bonchev–Trinajstić information content (AvgIpc) is 3.18. The molecule has 2 heterocycles. The van der Waals surface area contributed by atoms with E-state index in [9.17, 15) is 0 Å². The first-order chi connectivity index (χ1) is 10.3. The van der Waals surface area contributed by atoms with Crippen LogP contribution in [-0.2, 0) is 0 Å². The summed E-state index contributed by atoms with van der Waals surface area (Å²) in [6.07, 6.45) is 7.99. The first kappa shape index (κ1) is 13.8. The Morgan fingerprint density at radius 1 is 1.05 bits per heavy atom. The molecular weight excluding hydrogens is 280 g/mol. The molecule has 0 N–H and O–H groups in total. The minimum absolute atomic E-state index is 0.885. The lowest BCUT2D eigenvalue weighted by atomic mass is 9.93. The van der Waals surface area contributed by atoms with Gasteiger partial charge in [-0.3, -0.25) is 4.90 Å². The van der Waals surface area contributed by atoms with Crippen molar-refractivity contribution in [1.82, 2.24) is 15.1 Å². The second-order valence-electron chi connectivity index (χ2n) is 6.70. The molecule has 3 fully saturated rings. The molecule has 2 bridgehead atoms. The standard InChI is InChI=1S/C16H24N4S/c1-21-16-5-4-15(17-18-16)20-8-6-19(7-9-20)14-11-12-2-3-13(14)10-12/h4-5,12-14H,2-3,6-11H2,1H3. The Labute approximate surface area is 131 Å². The number of hydrogen-bond donors (Lipinski definition) is 0. The molecule has 5 heteroatoms. The van der Waals surface area contributed by atoms with Crippen LogP contribution in [-0.4, -0.2) is 53.6 Å². The lowest BCUT2D eigenvalue weighted by molar-refractivity contribution is 0.134. The number of aromatic nitrogens is 2. The van der Waals surface area contributed by atoms with Crippen molar-refractivity contribution in [3.63, 3.8) is 0 Å². The summed E-state index contributed by atoms with van der Waals surface area (Å²) in [7, 11) is 0. The van der Waals surface area contributed by atoms with E-state index in [-0.39, 0.29) is 0 Å². The molecule has 4 rings (SSSR count). The van der Waals surface area contributed by atoms with E-state index in [0.29, 0.717) is 0 Å². The minimum Gasteiger partial charge on any atom is -0.353 e. The Hall–Kier alpha value is -0.810. The summed E-state index contributed by atoms with van der Waals surface area (Å²) < 4.78 is 0. The first-order valence-corrected chi connectivity index (χ1v) is 9.42. The van der Waals surface area contributed by atoms with Gasteiger partial charge in [0.25, 0.3) is 0 Å². The third-order valence-electron chi connectivity index (χ3n) is 5.64. The summed E-state index contributed by atoms with van der Waals surface area (Å²) in [6, 6.07) is 5.08. The number of nitrogens with zero attached hydrogens (tertiary/aromatic N) is 4. The molecule has 3 atom stereocenters. The Morgan fingerprint density at radius 2 is 1.90 bits per heavy atom. The van der Waals surface area contributed by atoms with Crippen LogP contribution >= 0.6 is 11.8 Å². The highest BCUT2D eigenvalue weighted by Crippen LogP contribution is 2.46. The maximum atomic E-state index is 4.37. The second-order valence-corrected chi connectivity index (χ2v) is 7.53. The summed E-state index contributed by atoms with van der Waals surface area (Å²) in [4.78, 5) is 5.14. The van der Waals surface area contributed by atoms with Gasteiger partial charge >= 0.3 is 0 Å². The van der Waals surface area contributed by atoms with Crippen LogP contribution in [0.4, 0.5) is 5.82 Å². The van der Waals surface area contributed by atoms with Crippen LogP contribution in [0, 0.1) is 11.8 Å². The Bertz CT molecular complexity index is 484. The molecule has 1 aromatic rings. The van der Waals surface area contributed by atoms with Crippen LogP contribution in [0.25, 0.3) is 0 Å². The average molecular weight is 304 g/mol. The second kappa shape index (κ2) is 5.76. The highest BCUT2D eigenvalue weighted by atomic mass is 32.2. The predicted molar refractivity (Wildman–Crippen MR) is 86.8 cm³/mol. The lowest BCUT2D eigenvalue weighted by Crippen LogP contribution is -2.52. The SMILES string of the molecule is CSc1ccc(N2CCN(C3CC4CCC3C4)CC2)nn1. The number of rotatable bonds is 3. The van der Waals surface area contributed by atoms with Gasteiger partial charge in [-0.1, -0.05) is 6.42 Å². The van der Waals surface area contributed by atoms with Crippen LogP contribution in [0.2, 0.25) is 0 Å². The molecule has 1 saturated heterocycles. The summed E-state index contributed by atoms with van der Waals surface area (Å²) >= 11 is 1.65. The lowest BCUT2D eigenvalue weighted by Gasteiger charge is -2.41. The smallest absolute Gasteiger partial charge is 0.151 e. The maximum Gasteiger partial charge on any atom is 0.151 e. The van der Waals surface area contributed by atoms with Gasteiger partial charge in [-0.25, -0.2) is 0 Å². The molecule has 1 aromatic heterocycles. The largest absolute Gasteiger partial charge is 0.353 e. The Morgan fingerprint density at radius 3 is 2.48 bits per heavy atom. The van der Waals surface area contributed by atoms with E-state index in [2.05, 4.69) is 32.1 Å². The van der Waals surface area contributed by atoms with Crippen LogP contribution in [0.1, 0.15) is 25.7 Å². The van der Waals surface area contributed by atoms with E-state index in [1.54, 1.807) is 11.8 Å². The molecule has 114 valence electrons. The molecule has 0 radical (unpaired) electrons. The number of hydrogen-bond acceptors (Lipinski definition) is 5. The summed E-state index contributed by atoms with van der Waals surface area (Å²) in [5, 5.41) is 9.63. The molecule has 0 spiro atoms. The first-order valence-electron chi connectivity index (χ1n) is 8.20. The van der Waals surface area contributed by atoms with E-state index in [1.165, 1.54) is 38.8 Å². The van der Waals surface area contributed by atoms with Gasteiger partial charge in [0.15, 0.2) is 5.82 Å². The fraction of sp³-hybridized carbons (Fsp3) is 0.750. The van der Waals surface area contributed by atoms with Gasteiger partial charge in [0.05, 0.1) is 0 Å². The van der Waals surface area contributed by atoms with Gasteiger partial charge in [-0.15, -0.1) is 22.0 Å². The number of fused-ring (bicyclic) bond motifs is 2. The van der Waals surface area contributed by atoms with Gasteiger partial charge in [-0.05, 0) is 49.5 Å². The highest BCUT2D eigenvalue weighted by Gasteiger charge is 2.42. The molecule has 21 heavy (non-hydrogen) atoms. The summed E-state index contributed by atoms with van der Waals surface area (Å²) in [6.45, 7) is 4.59. The van der Waals surface area contributed by atoms with Gasteiger partial charge in [0, 0.05) is 32.2 Å². The van der Waals surface area contributed by atoms with E-state index >= 15 is 0 Å². The van der Waals surface area contributed by atoms with Crippen LogP contribution in [0.5, 0.6) is 0 Å². The third-order valence-corrected chi connectivity index (χ3v) is 6.28. The van der Waals surface area contributed by atoms with Crippen molar-refractivity contribution in [3.05, 3.63) is 12.1 Å². The predicted octanol–water partition coefficient (Wildman–Crippen LogP) is 2.51. The van der Waals surface area contributed by atoms with Crippen LogP contribution in [0.3, 0.4) is 0 Å². The van der Waals surface area contributed by atoms with Crippen LogP contribution in [0.15, 0.2) is 17.2 Å². The van der Waals surface area contributed by atoms with Gasteiger partial charge in [-0.2, -0.15) is 0 Å². The molecule has 0 amide bonds. The number of thioether (sulfide) groups is 1. The summed E-state index contributed by atoms with van der Waals surface area (Å²) in [5.74, 6) is 3.09. The quantitative estimate of drug-likeness (QED) is 0.801. The number of piperazine rings is 1. The molecule has 2 aliphatic carbocycles. The van der Waals surface area contributed by atoms with E-state index in [0.717, 1.165) is 41.8 Å².